The van der Waals surface area contributed by atoms with E-state index in [1.807, 2.05) is 18.3 Å². The van der Waals surface area contributed by atoms with Gasteiger partial charge in [-0.3, -0.25) is 9.88 Å². The molecule has 0 bridgehead atoms. The zero-order valence-corrected chi connectivity index (χ0v) is 14.6. The van der Waals surface area contributed by atoms with Crippen LogP contribution in [0.3, 0.4) is 0 Å². The number of hydrogen-bond donors (Lipinski definition) is 1. The molecule has 3 rings (SSSR count). The van der Waals surface area contributed by atoms with Crippen molar-refractivity contribution in [2.24, 2.45) is 4.99 Å². The Kier molecular flexibility index (Phi) is 6.00. The SMILES string of the molecule is FC(F)(F)Oc1ccccc1CSC1=NCN(Cc2cccnc2)CN1. The predicted molar refractivity (Wildman–Crippen MR) is 94.5 cm³/mol. The van der Waals surface area contributed by atoms with Gasteiger partial charge in [0, 0.05) is 30.3 Å². The number of nitrogens with zero attached hydrogens (tertiary/aromatic N) is 3. The Morgan fingerprint density at radius 3 is 2.73 bits per heavy atom. The molecule has 2 heterocycles. The van der Waals surface area contributed by atoms with Gasteiger partial charge >= 0.3 is 6.36 Å². The quantitative estimate of drug-likeness (QED) is 0.857. The molecule has 0 saturated carbocycles. The van der Waals surface area contributed by atoms with Gasteiger partial charge in [-0.2, -0.15) is 0 Å². The number of halogens is 3. The first-order valence-electron chi connectivity index (χ1n) is 7.85. The zero-order chi connectivity index (χ0) is 18.4. The summed E-state index contributed by atoms with van der Waals surface area (Å²) in [7, 11) is 0. The topological polar surface area (TPSA) is 49.8 Å². The normalized spacial score (nSPS) is 15.3. The van der Waals surface area contributed by atoms with Gasteiger partial charge in [0.25, 0.3) is 0 Å². The van der Waals surface area contributed by atoms with Crippen LogP contribution in [-0.4, -0.2) is 34.8 Å². The number of para-hydroxylation sites is 1. The van der Waals surface area contributed by atoms with Crippen LogP contribution in [0, 0.1) is 0 Å². The molecular formula is C17H17F3N4OS. The van der Waals surface area contributed by atoms with Gasteiger partial charge in [-0.25, -0.2) is 4.99 Å². The summed E-state index contributed by atoms with van der Waals surface area (Å²) in [6.07, 6.45) is -1.16. The molecule has 0 amide bonds. The Hall–Kier alpha value is -2.26. The van der Waals surface area contributed by atoms with E-state index in [9.17, 15) is 13.2 Å². The van der Waals surface area contributed by atoms with Crippen molar-refractivity contribution in [2.45, 2.75) is 18.7 Å². The lowest BCUT2D eigenvalue weighted by molar-refractivity contribution is -0.274. The fourth-order valence-corrected chi connectivity index (χ4v) is 3.24. The lowest BCUT2D eigenvalue weighted by Crippen LogP contribution is -2.41. The Balaban J connectivity index is 1.53. The minimum atomic E-state index is -4.70. The molecule has 0 unspecified atom stereocenters. The minimum Gasteiger partial charge on any atom is -0.405 e. The second kappa shape index (κ2) is 8.41. The van der Waals surface area contributed by atoms with E-state index in [1.54, 1.807) is 18.3 Å². The summed E-state index contributed by atoms with van der Waals surface area (Å²) in [5.41, 5.74) is 1.57. The smallest absolute Gasteiger partial charge is 0.405 e. The number of pyridine rings is 1. The van der Waals surface area contributed by atoms with Crippen LogP contribution in [0.1, 0.15) is 11.1 Å². The third kappa shape index (κ3) is 5.63. The van der Waals surface area contributed by atoms with Crippen molar-refractivity contribution in [3.63, 3.8) is 0 Å². The molecule has 2 aromatic rings. The number of aromatic nitrogens is 1. The van der Waals surface area contributed by atoms with Crippen molar-refractivity contribution < 1.29 is 17.9 Å². The van der Waals surface area contributed by atoms with E-state index in [0.29, 0.717) is 29.8 Å². The Morgan fingerprint density at radius 1 is 1.19 bits per heavy atom. The number of benzene rings is 1. The largest absolute Gasteiger partial charge is 0.573 e. The standard InChI is InChI=1S/C17H17F3N4OS/c18-17(19,20)25-15-6-2-1-5-14(15)10-26-16-22-11-24(12-23-16)9-13-4-3-7-21-8-13/h1-8H,9-12H2,(H,22,23). The molecule has 0 spiro atoms. The number of hydrogen-bond acceptors (Lipinski definition) is 6. The van der Waals surface area contributed by atoms with E-state index in [4.69, 9.17) is 0 Å². The summed E-state index contributed by atoms with van der Waals surface area (Å²) in [6.45, 7) is 1.86. The van der Waals surface area contributed by atoms with Gasteiger partial charge < -0.3 is 10.1 Å². The van der Waals surface area contributed by atoms with Gasteiger partial charge in [-0.1, -0.05) is 36.0 Å². The van der Waals surface area contributed by atoms with Crippen LogP contribution in [0.25, 0.3) is 0 Å². The number of rotatable bonds is 5. The van der Waals surface area contributed by atoms with E-state index in [-0.39, 0.29) is 5.75 Å². The van der Waals surface area contributed by atoms with Crippen LogP contribution in [0.15, 0.2) is 53.8 Å². The molecule has 1 aliphatic heterocycles. The van der Waals surface area contributed by atoms with Crippen molar-refractivity contribution in [3.05, 3.63) is 59.9 Å². The fraction of sp³-hybridized carbons (Fsp3) is 0.294. The molecule has 26 heavy (non-hydrogen) atoms. The molecule has 0 aliphatic carbocycles. The van der Waals surface area contributed by atoms with E-state index in [0.717, 1.165) is 12.1 Å². The molecule has 0 fully saturated rings. The molecule has 1 aliphatic rings. The molecule has 5 nitrogen and oxygen atoms in total. The van der Waals surface area contributed by atoms with Crippen molar-refractivity contribution in [1.29, 1.82) is 0 Å². The number of ether oxygens (including phenoxy) is 1. The Morgan fingerprint density at radius 2 is 2.04 bits per heavy atom. The predicted octanol–water partition coefficient (Wildman–Crippen LogP) is 3.59. The van der Waals surface area contributed by atoms with Crippen molar-refractivity contribution in [3.8, 4) is 5.75 Å². The minimum absolute atomic E-state index is 0.179. The first-order chi connectivity index (χ1) is 12.5. The van der Waals surface area contributed by atoms with Gasteiger partial charge in [0.1, 0.15) is 5.75 Å². The van der Waals surface area contributed by atoms with E-state index in [2.05, 4.69) is 24.9 Å². The number of amidine groups is 1. The van der Waals surface area contributed by atoms with Gasteiger partial charge in [0.15, 0.2) is 5.17 Å². The zero-order valence-electron chi connectivity index (χ0n) is 13.7. The number of alkyl halides is 3. The molecule has 1 aromatic heterocycles. The van der Waals surface area contributed by atoms with Crippen LogP contribution >= 0.6 is 11.8 Å². The molecule has 138 valence electrons. The number of aliphatic imine (C=N–C) groups is 1. The maximum Gasteiger partial charge on any atom is 0.573 e. The first-order valence-corrected chi connectivity index (χ1v) is 8.84. The summed E-state index contributed by atoms with van der Waals surface area (Å²) >= 11 is 1.35. The average Bonchev–Trinajstić information content (AvgIpc) is 2.62. The molecular weight excluding hydrogens is 365 g/mol. The lowest BCUT2D eigenvalue weighted by atomic mass is 10.2. The van der Waals surface area contributed by atoms with Crippen molar-refractivity contribution >= 4 is 16.9 Å². The van der Waals surface area contributed by atoms with Crippen LogP contribution in [0.4, 0.5) is 13.2 Å². The Labute approximate surface area is 153 Å². The number of nitrogens with one attached hydrogen (secondary N) is 1. The highest BCUT2D eigenvalue weighted by atomic mass is 32.2. The van der Waals surface area contributed by atoms with Crippen LogP contribution in [0.5, 0.6) is 5.75 Å². The third-order valence-electron chi connectivity index (χ3n) is 3.56. The second-order valence-corrected chi connectivity index (χ2v) is 6.54. The highest BCUT2D eigenvalue weighted by molar-refractivity contribution is 8.13. The number of thioether (sulfide) groups is 1. The molecule has 0 radical (unpaired) electrons. The van der Waals surface area contributed by atoms with Crippen LogP contribution in [-0.2, 0) is 12.3 Å². The highest BCUT2D eigenvalue weighted by Crippen LogP contribution is 2.29. The molecule has 0 saturated heterocycles. The average molecular weight is 382 g/mol. The third-order valence-corrected chi connectivity index (χ3v) is 4.56. The first kappa shape index (κ1) is 18.5. The molecule has 0 atom stereocenters. The maximum absolute atomic E-state index is 12.5. The maximum atomic E-state index is 12.5. The monoisotopic (exact) mass is 382 g/mol. The summed E-state index contributed by atoms with van der Waals surface area (Å²) in [5, 5.41) is 3.89. The Bertz CT molecular complexity index is 755. The fourth-order valence-electron chi connectivity index (χ4n) is 2.40. The van der Waals surface area contributed by atoms with Gasteiger partial charge in [0.05, 0.1) is 13.3 Å². The van der Waals surface area contributed by atoms with E-state index >= 15 is 0 Å². The molecule has 1 aromatic carbocycles. The highest BCUT2D eigenvalue weighted by Gasteiger charge is 2.32. The van der Waals surface area contributed by atoms with Gasteiger partial charge in [0.2, 0.25) is 0 Å². The summed E-state index contributed by atoms with van der Waals surface area (Å²) < 4.78 is 41.5. The van der Waals surface area contributed by atoms with E-state index in [1.165, 1.54) is 23.9 Å². The summed E-state index contributed by atoms with van der Waals surface area (Å²) in [6, 6.07) is 10.0. The van der Waals surface area contributed by atoms with Crippen LogP contribution in [0.2, 0.25) is 0 Å². The van der Waals surface area contributed by atoms with Crippen LogP contribution < -0.4 is 10.1 Å². The summed E-state index contributed by atoms with van der Waals surface area (Å²) in [5.74, 6) is 0.155. The van der Waals surface area contributed by atoms with Crippen molar-refractivity contribution in [2.75, 3.05) is 13.3 Å². The van der Waals surface area contributed by atoms with Gasteiger partial charge in [-0.15, -0.1) is 13.2 Å². The van der Waals surface area contributed by atoms with E-state index < -0.39 is 6.36 Å². The summed E-state index contributed by atoms with van der Waals surface area (Å²) in [4.78, 5) is 10.6. The van der Waals surface area contributed by atoms with Gasteiger partial charge in [-0.05, 0) is 17.7 Å². The molecule has 9 heteroatoms. The van der Waals surface area contributed by atoms with Crippen molar-refractivity contribution in [1.82, 2.24) is 15.2 Å². The second-order valence-electron chi connectivity index (χ2n) is 5.57. The molecule has 1 N–H and O–H groups in total. The lowest BCUT2D eigenvalue weighted by Gasteiger charge is -2.26.